The Morgan fingerprint density at radius 3 is 2.38 bits per heavy atom. The van der Waals surface area contributed by atoms with E-state index in [1.165, 1.54) is 4.90 Å². The van der Waals surface area contributed by atoms with Crippen LogP contribution in [-0.4, -0.2) is 35.8 Å². The van der Waals surface area contributed by atoms with Crippen LogP contribution in [-0.2, 0) is 0 Å². The van der Waals surface area contributed by atoms with Gasteiger partial charge < -0.3 is 10.2 Å². The highest BCUT2D eigenvalue weighted by Gasteiger charge is 2.12. The van der Waals surface area contributed by atoms with Crippen LogP contribution in [0.15, 0.2) is 47.1 Å². The number of nitrogens with one attached hydrogen (secondary N) is 1. The first-order valence-electron chi connectivity index (χ1n) is 6.22. The molecule has 1 heterocycles. The van der Waals surface area contributed by atoms with Crippen LogP contribution in [0, 0.1) is 0 Å². The number of halogens is 1. The lowest BCUT2D eigenvalue weighted by Gasteiger charge is -2.11. The second-order valence-corrected chi connectivity index (χ2v) is 5.42. The van der Waals surface area contributed by atoms with Crippen LogP contribution in [0.5, 0.6) is 0 Å². The lowest BCUT2D eigenvalue weighted by molar-refractivity contribution is 0.0827. The fraction of sp³-hybridized carbons (Fsp3) is 0.133. The van der Waals surface area contributed by atoms with Crippen molar-refractivity contribution >= 4 is 33.4 Å². The van der Waals surface area contributed by atoms with Crippen molar-refractivity contribution in [2.24, 2.45) is 0 Å². The van der Waals surface area contributed by atoms with Crippen molar-refractivity contribution in [2.75, 3.05) is 19.4 Å². The quantitative estimate of drug-likeness (QED) is 0.928. The molecule has 2 aromatic rings. The lowest BCUT2D eigenvalue weighted by atomic mass is 10.2. The molecule has 2 amide bonds. The third kappa shape index (κ3) is 3.66. The summed E-state index contributed by atoms with van der Waals surface area (Å²) in [6.45, 7) is 0. The molecule has 0 aliphatic heterocycles. The molecule has 6 heteroatoms. The van der Waals surface area contributed by atoms with Gasteiger partial charge in [0.2, 0.25) is 0 Å². The Kier molecular flexibility index (Phi) is 4.70. The van der Waals surface area contributed by atoms with Crippen molar-refractivity contribution in [3.63, 3.8) is 0 Å². The predicted octanol–water partition coefficient (Wildman–Crippen LogP) is 2.80. The SMILES string of the molecule is CN(C)C(=O)c1ccc(NC(=O)c2ncccc2Br)cc1. The van der Waals surface area contributed by atoms with Crippen molar-refractivity contribution in [1.29, 1.82) is 0 Å². The average molecular weight is 348 g/mol. The van der Waals surface area contributed by atoms with Crippen molar-refractivity contribution < 1.29 is 9.59 Å². The first kappa shape index (κ1) is 15.2. The molecule has 5 nitrogen and oxygen atoms in total. The van der Waals surface area contributed by atoms with Gasteiger partial charge in [0, 0.05) is 36.0 Å². The van der Waals surface area contributed by atoms with Gasteiger partial charge in [-0.1, -0.05) is 0 Å². The standard InChI is InChI=1S/C15H14BrN3O2/c1-19(2)15(21)10-5-7-11(8-6-10)18-14(20)13-12(16)4-3-9-17-13/h3-9H,1-2H3,(H,18,20). The number of carbonyl (C=O) groups excluding carboxylic acids is 2. The maximum absolute atomic E-state index is 12.1. The van der Waals surface area contributed by atoms with E-state index in [1.54, 1.807) is 56.7 Å². The van der Waals surface area contributed by atoms with Gasteiger partial charge in [0.25, 0.3) is 11.8 Å². The highest BCUT2D eigenvalue weighted by Crippen LogP contribution is 2.16. The minimum Gasteiger partial charge on any atom is -0.345 e. The molecule has 0 bridgehead atoms. The van der Waals surface area contributed by atoms with Crippen molar-refractivity contribution in [2.45, 2.75) is 0 Å². The Morgan fingerprint density at radius 1 is 1.14 bits per heavy atom. The van der Waals surface area contributed by atoms with Crippen molar-refractivity contribution in [3.8, 4) is 0 Å². The summed E-state index contributed by atoms with van der Waals surface area (Å²) in [5.74, 6) is -0.394. The van der Waals surface area contributed by atoms with Crippen molar-refractivity contribution in [1.82, 2.24) is 9.88 Å². The Hall–Kier alpha value is -2.21. The summed E-state index contributed by atoms with van der Waals surface area (Å²) in [5, 5.41) is 2.74. The molecule has 0 radical (unpaired) electrons. The molecule has 0 saturated carbocycles. The number of amides is 2. The highest BCUT2D eigenvalue weighted by molar-refractivity contribution is 9.10. The summed E-state index contributed by atoms with van der Waals surface area (Å²) in [6.07, 6.45) is 1.55. The fourth-order valence-corrected chi connectivity index (χ4v) is 2.13. The maximum Gasteiger partial charge on any atom is 0.275 e. The monoisotopic (exact) mass is 347 g/mol. The number of benzene rings is 1. The minimum absolute atomic E-state index is 0.0830. The number of hydrogen-bond donors (Lipinski definition) is 1. The van der Waals surface area contributed by atoms with E-state index < -0.39 is 0 Å². The molecule has 0 saturated heterocycles. The molecular weight excluding hydrogens is 334 g/mol. The molecule has 1 N–H and O–H groups in total. The zero-order chi connectivity index (χ0) is 15.4. The zero-order valence-electron chi connectivity index (χ0n) is 11.6. The Labute approximate surface area is 131 Å². The van der Waals surface area contributed by atoms with Gasteiger partial charge in [-0.2, -0.15) is 0 Å². The third-order valence-corrected chi connectivity index (χ3v) is 3.41. The Bertz CT molecular complexity index is 669. The van der Waals surface area contributed by atoms with Gasteiger partial charge in [0.05, 0.1) is 0 Å². The lowest BCUT2D eigenvalue weighted by Crippen LogP contribution is -2.21. The van der Waals surface area contributed by atoms with Crippen LogP contribution in [0.1, 0.15) is 20.8 Å². The third-order valence-electron chi connectivity index (χ3n) is 2.77. The van der Waals surface area contributed by atoms with Crippen LogP contribution in [0.2, 0.25) is 0 Å². The summed E-state index contributed by atoms with van der Waals surface area (Å²) in [6, 6.07) is 10.2. The van der Waals surface area contributed by atoms with Crippen LogP contribution in [0.3, 0.4) is 0 Å². The fourth-order valence-electron chi connectivity index (χ4n) is 1.70. The second-order valence-electron chi connectivity index (χ2n) is 4.56. The predicted molar refractivity (Wildman–Crippen MR) is 84.3 cm³/mol. The molecule has 0 fully saturated rings. The largest absolute Gasteiger partial charge is 0.345 e. The Morgan fingerprint density at radius 2 is 1.81 bits per heavy atom. The van der Waals surface area contributed by atoms with Gasteiger partial charge >= 0.3 is 0 Å². The van der Waals surface area contributed by atoms with E-state index in [1.807, 2.05) is 0 Å². The number of pyridine rings is 1. The first-order valence-corrected chi connectivity index (χ1v) is 7.02. The van der Waals surface area contributed by atoms with Gasteiger partial charge in [-0.25, -0.2) is 4.98 Å². The number of anilines is 1. The number of nitrogens with zero attached hydrogens (tertiary/aromatic N) is 2. The normalized spacial score (nSPS) is 10.0. The molecule has 21 heavy (non-hydrogen) atoms. The van der Waals surface area contributed by atoms with E-state index in [2.05, 4.69) is 26.2 Å². The van der Waals surface area contributed by atoms with E-state index in [0.29, 0.717) is 21.4 Å². The van der Waals surface area contributed by atoms with Crippen molar-refractivity contribution in [3.05, 3.63) is 58.3 Å². The molecular formula is C15H14BrN3O2. The van der Waals surface area contributed by atoms with Gasteiger partial charge in [-0.3, -0.25) is 9.59 Å². The molecule has 0 spiro atoms. The molecule has 1 aromatic carbocycles. The molecule has 0 aliphatic carbocycles. The smallest absolute Gasteiger partial charge is 0.275 e. The van der Waals surface area contributed by atoms with Gasteiger partial charge in [-0.15, -0.1) is 0 Å². The van der Waals surface area contributed by atoms with Crippen LogP contribution in [0.25, 0.3) is 0 Å². The molecule has 108 valence electrons. The minimum atomic E-state index is -0.311. The molecule has 0 atom stereocenters. The highest BCUT2D eigenvalue weighted by atomic mass is 79.9. The van der Waals surface area contributed by atoms with Gasteiger partial charge in [-0.05, 0) is 52.3 Å². The molecule has 0 aliphatic rings. The number of carbonyl (C=O) groups is 2. The summed E-state index contributed by atoms with van der Waals surface area (Å²) < 4.78 is 0.627. The van der Waals surface area contributed by atoms with Crippen LogP contribution < -0.4 is 5.32 Å². The van der Waals surface area contributed by atoms with Crippen LogP contribution >= 0.6 is 15.9 Å². The zero-order valence-corrected chi connectivity index (χ0v) is 13.2. The number of aromatic nitrogens is 1. The van der Waals surface area contributed by atoms with E-state index in [9.17, 15) is 9.59 Å². The van der Waals surface area contributed by atoms with Crippen LogP contribution in [0.4, 0.5) is 5.69 Å². The van der Waals surface area contributed by atoms with Gasteiger partial charge in [0.1, 0.15) is 5.69 Å². The van der Waals surface area contributed by atoms with E-state index >= 15 is 0 Å². The first-order chi connectivity index (χ1) is 9.99. The Balaban J connectivity index is 2.12. The summed E-state index contributed by atoms with van der Waals surface area (Å²) in [4.78, 5) is 29.4. The average Bonchev–Trinajstić information content (AvgIpc) is 2.47. The number of hydrogen-bond acceptors (Lipinski definition) is 3. The summed E-state index contributed by atoms with van der Waals surface area (Å²) in [7, 11) is 3.38. The maximum atomic E-state index is 12.1. The second kappa shape index (κ2) is 6.49. The number of rotatable bonds is 3. The van der Waals surface area contributed by atoms with E-state index in [0.717, 1.165) is 0 Å². The molecule has 2 rings (SSSR count). The molecule has 0 unspecified atom stereocenters. The summed E-state index contributed by atoms with van der Waals surface area (Å²) in [5.41, 5.74) is 1.48. The molecule has 1 aromatic heterocycles. The van der Waals surface area contributed by atoms with Gasteiger partial charge in [0.15, 0.2) is 0 Å². The van der Waals surface area contributed by atoms with E-state index in [4.69, 9.17) is 0 Å². The van der Waals surface area contributed by atoms with E-state index in [-0.39, 0.29) is 11.8 Å². The summed E-state index contributed by atoms with van der Waals surface area (Å²) >= 11 is 3.28. The topological polar surface area (TPSA) is 62.3 Å².